The number of aryl methyl sites for hydroxylation is 16. The van der Waals surface area contributed by atoms with E-state index in [1.165, 1.54) is 246 Å². The van der Waals surface area contributed by atoms with Gasteiger partial charge in [0.25, 0.3) is 20.2 Å². The first-order valence-corrected chi connectivity index (χ1v) is 54.9. The molecule has 0 unspecified atom stereocenters. The highest BCUT2D eigenvalue weighted by atomic mass is 32.2. The lowest BCUT2D eigenvalue weighted by Gasteiger charge is -2.10. The van der Waals surface area contributed by atoms with Crippen LogP contribution in [0.15, 0.2) is 78.9 Å². The quantitative estimate of drug-likeness (QED) is 0.0153. The Bertz CT molecular complexity index is 4360. The van der Waals surface area contributed by atoms with Gasteiger partial charge in [-0.1, -0.05) is 193 Å². The molecule has 22 nitrogen and oxygen atoms in total. The lowest BCUT2D eigenvalue weighted by atomic mass is 10.1. The minimum absolute atomic E-state index is 0.102. The second-order valence-electron chi connectivity index (χ2n) is 36.1. The Balaban J connectivity index is 0.000000534. The first-order valence-electron chi connectivity index (χ1n) is 51.7. The molecule has 0 radical (unpaired) electrons. The average Bonchev–Trinajstić information content (AvgIpc) is 1.69. The number of hydrogen-bond acceptors (Lipinski definition) is 13. The number of ether oxygens (including phenoxy) is 9. The molecule has 0 amide bonds. The van der Waals surface area contributed by atoms with Crippen LogP contribution in [0.25, 0.3) is 0 Å². The maximum Gasteiger partial charge on any atom is 0.264 e. The summed E-state index contributed by atoms with van der Waals surface area (Å²) in [7, 11) is -7.53. The Labute approximate surface area is 815 Å². The second-order valence-corrected chi connectivity index (χ2v) is 39.3. The molecule has 0 aliphatic heterocycles. The third-order valence-corrected chi connectivity index (χ3v) is 25.5. The lowest BCUT2D eigenvalue weighted by Crippen LogP contribution is -2.12. The fourth-order valence-electron chi connectivity index (χ4n) is 16.2. The third kappa shape index (κ3) is 62.3. The summed E-state index contributed by atoms with van der Waals surface area (Å²) in [6.45, 7) is 56.3. The summed E-state index contributed by atoms with van der Waals surface area (Å²) in [5.74, 6) is 1.71. The van der Waals surface area contributed by atoms with Crippen LogP contribution in [0, 0.1) is 96.9 Å². The van der Waals surface area contributed by atoms with Crippen molar-refractivity contribution in [3.8, 4) is 11.5 Å². The monoisotopic (exact) mass is 1910 g/mol. The number of aromatic amines is 4. The molecule has 8 rings (SSSR count). The molecule has 6 N–H and O–H groups in total. The van der Waals surface area contributed by atoms with Crippen LogP contribution in [0.1, 0.15) is 348 Å². The smallest absolute Gasteiger partial charge is 0.264 e. The van der Waals surface area contributed by atoms with Crippen molar-refractivity contribution in [1.82, 2.24) is 33.6 Å². The summed E-state index contributed by atoms with van der Waals surface area (Å²) in [5, 5.41) is 0. The van der Waals surface area contributed by atoms with Crippen molar-refractivity contribution in [2.24, 2.45) is 0 Å². The van der Waals surface area contributed by atoms with Crippen molar-refractivity contribution in [2.75, 3.05) is 111 Å². The molecule has 7 aromatic heterocycles. The van der Waals surface area contributed by atoms with Crippen molar-refractivity contribution in [1.29, 1.82) is 0 Å². The molecule has 0 aliphatic carbocycles. The van der Waals surface area contributed by atoms with Crippen molar-refractivity contribution in [3.63, 3.8) is 0 Å². The van der Waals surface area contributed by atoms with Gasteiger partial charge in [0.05, 0.1) is 109 Å². The number of hydrogen-bond donors (Lipinski definition) is 6. The number of rotatable bonds is 68. The van der Waals surface area contributed by atoms with Gasteiger partial charge in [-0.25, -0.2) is 0 Å². The molecule has 0 saturated carbocycles. The average molecular weight is 1920 g/mol. The maximum atomic E-state index is 10.5. The van der Waals surface area contributed by atoms with Gasteiger partial charge in [-0.3, -0.25) is 9.11 Å². The first kappa shape index (κ1) is 123. The van der Waals surface area contributed by atoms with Gasteiger partial charge in [0.2, 0.25) is 0 Å². The molecule has 8 aromatic rings. The molecule has 0 fully saturated rings. The lowest BCUT2D eigenvalue weighted by molar-refractivity contribution is -0.00294. The molecular formula is C110H191N7O15S2. The molecule has 0 aliphatic rings. The van der Waals surface area contributed by atoms with E-state index in [2.05, 4.69) is 210 Å². The zero-order chi connectivity index (χ0) is 98.8. The number of nitrogens with zero attached hydrogens (tertiary/aromatic N) is 3. The Morgan fingerprint density at radius 1 is 0.276 bits per heavy atom. The highest BCUT2D eigenvalue weighted by Gasteiger charge is 2.14. The van der Waals surface area contributed by atoms with Crippen molar-refractivity contribution in [3.05, 3.63) is 186 Å². The van der Waals surface area contributed by atoms with Gasteiger partial charge in [-0.15, -0.1) is 0 Å². The van der Waals surface area contributed by atoms with Crippen LogP contribution < -0.4 is 9.47 Å². The van der Waals surface area contributed by atoms with Crippen LogP contribution in [0.2, 0.25) is 0 Å². The fourth-order valence-corrected chi connectivity index (χ4v) is 17.4. The number of unbranched alkanes of at least 4 members (excludes halogenated alkanes) is 24. The van der Waals surface area contributed by atoms with Crippen molar-refractivity contribution >= 4 is 20.2 Å². The third-order valence-electron chi connectivity index (χ3n) is 23.9. The Kier molecular flexibility index (Phi) is 72.0. The summed E-state index contributed by atoms with van der Waals surface area (Å²) in [4.78, 5) is 13.1. The zero-order valence-electron chi connectivity index (χ0n) is 88.0. The van der Waals surface area contributed by atoms with E-state index in [4.69, 9.17) is 51.7 Å². The summed E-state index contributed by atoms with van der Waals surface area (Å²) < 4.78 is 116. The highest BCUT2D eigenvalue weighted by molar-refractivity contribution is 7.86. The minimum Gasteiger partial charge on any atom is -0.492 e. The standard InChI is InChI=1S/C23H35N.C21H39NO4.C14H25NO4.2C14H25NO3S.C12H21NO.C12H21N/c1-4-5-6-12-17-23-19-20(2)24(21(23)3)18-13-8-11-16-22-14-9-7-10-15-22;1-5-7-8-9-10-22-19(3)17-21(20(22)4)18-26-16-15-25-14-13-24-12-11-23-6-2;1-4-16-5-6-17-7-8-18-9-10-19-14-11-12(2)15-13(14)3;1-13-9-10-14(2)15(13)11-7-5-3-4-6-8-12-19(16,17)18;1-12-11-14(13(2)15-12)9-7-5-3-4-6-8-10-19(16,17)18;1-4-5-6-7-8-14-12-9-10(2)13-11(12)3;1-4-5-6-7-8-12-9-10(2)13-11(12)3/h7,9-10,14-15,19H,4-6,8,11-13,16-18H2,1-3H3;17H,5-16,18H2,1-4H3;11,15H,4-10H2,1-3H3;9-10H,3-8,11-12H2,1-2H3,(H,16,17,18);11,15H,3-10H2,1-2H3,(H,16,17,18);9,13H,4-8H2,1-3H3;9,13H,4-8H2,1-3H3. The molecule has 134 heavy (non-hydrogen) atoms. The van der Waals surface area contributed by atoms with Gasteiger partial charge in [-0.05, 0) is 265 Å². The highest BCUT2D eigenvalue weighted by Crippen LogP contribution is 2.25. The first-order chi connectivity index (χ1) is 64.4. The predicted molar refractivity (Wildman–Crippen MR) is 560 cm³/mol. The van der Waals surface area contributed by atoms with E-state index < -0.39 is 20.2 Å². The number of H-pyrrole nitrogens is 4. The summed E-state index contributed by atoms with van der Waals surface area (Å²) in [6, 6.07) is 28.4. The van der Waals surface area contributed by atoms with Gasteiger partial charge in [0, 0.05) is 113 Å². The molecule has 1 aromatic carbocycles. The SMILES string of the molecule is CCCCCCOc1cc(C)[nH]c1C.CCCCCCc1cc(C)[nH]c1C.CCCCCCc1cc(C)n(CCCCCc2ccccc2)c1C.CCCCCCn1c(C)cc(COCCOCCOCCOCC)c1C.CCOCCOCCOCCOc1cc(C)[nH]c1C.Cc1cc(CCCCCCCCS(=O)(=O)O)c(C)[nH]1.Cc1ccc(C)n1CCCCCCCCS(=O)(=O)O. The van der Waals surface area contributed by atoms with Gasteiger partial charge < -0.3 is 76.3 Å². The van der Waals surface area contributed by atoms with E-state index in [-0.39, 0.29) is 11.5 Å². The Hall–Kier alpha value is -6.68. The van der Waals surface area contributed by atoms with Crippen LogP contribution in [0.4, 0.5) is 0 Å². The van der Waals surface area contributed by atoms with E-state index in [0.29, 0.717) is 98.7 Å². The summed E-state index contributed by atoms with van der Waals surface area (Å²) >= 11 is 0. The molecular weight excluding hydrogens is 1720 g/mol. The number of nitrogens with one attached hydrogen (secondary N) is 4. The van der Waals surface area contributed by atoms with E-state index >= 15 is 0 Å². The second kappa shape index (κ2) is 78.2. The minimum atomic E-state index is -3.76. The molecule has 0 bridgehead atoms. The summed E-state index contributed by atoms with van der Waals surface area (Å²) in [5.41, 5.74) is 25.1. The van der Waals surface area contributed by atoms with Crippen LogP contribution in [0.5, 0.6) is 11.5 Å². The molecule has 0 saturated heterocycles. The van der Waals surface area contributed by atoms with Gasteiger partial charge >= 0.3 is 0 Å². The van der Waals surface area contributed by atoms with Crippen LogP contribution in [-0.4, -0.2) is 170 Å². The molecule has 7 heterocycles. The van der Waals surface area contributed by atoms with Crippen LogP contribution in [0.3, 0.4) is 0 Å². The maximum absolute atomic E-state index is 10.5. The molecule has 0 atom stereocenters. The van der Waals surface area contributed by atoms with Crippen molar-refractivity contribution in [2.45, 2.75) is 389 Å². The topological polar surface area (TPSA) is 270 Å². The Morgan fingerprint density at radius 3 is 0.985 bits per heavy atom. The van der Waals surface area contributed by atoms with Crippen LogP contribution in [-0.2, 0) is 105 Å². The Morgan fingerprint density at radius 2 is 0.590 bits per heavy atom. The largest absolute Gasteiger partial charge is 0.492 e. The van der Waals surface area contributed by atoms with Gasteiger partial charge in [0.1, 0.15) is 18.1 Å². The number of benzene rings is 1. The summed E-state index contributed by atoms with van der Waals surface area (Å²) in [6.07, 6.45) is 41.7. The van der Waals surface area contributed by atoms with E-state index in [9.17, 15) is 16.8 Å². The van der Waals surface area contributed by atoms with Gasteiger partial charge in [0.15, 0.2) is 0 Å². The number of aromatic nitrogens is 7. The molecule has 768 valence electrons. The van der Waals surface area contributed by atoms with E-state index in [1.807, 2.05) is 40.7 Å². The van der Waals surface area contributed by atoms with E-state index in [0.717, 1.165) is 119 Å². The molecule has 0 spiro atoms. The normalized spacial score (nSPS) is 11.3. The van der Waals surface area contributed by atoms with Gasteiger partial charge in [-0.2, -0.15) is 16.8 Å². The molecule has 24 heteroatoms. The predicted octanol–water partition coefficient (Wildman–Crippen LogP) is 27.1. The fraction of sp³-hybridized carbons (Fsp3) is 0.691. The van der Waals surface area contributed by atoms with Crippen molar-refractivity contribution < 1.29 is 68.6 Å². The van der Waals surface area contributed by atoms with E-state index in [1.54, 1.807) is 5.56 Å². The van der Waals surface area contributed by atoms with Crippen LogP contribution >= 0.6 is 0 Å². The zero-order valence-corrected chi connectivity index (χ0v) is 89.6.